The zero-order valence-corrected chi connectivity index (χ0v) is 8.59. The van der Waals surface area contributed by atoms with E-state index in [0.717, 1.165) is 0 Å². The third kappa shape index (κ3) is 8.35. The fourth-order valence-corrected chi connectivity index (χ4v) is 1.52. The number of hydrogen-bond acceptors (Lipinski definition) is 2. The first-order valence-electron chi connectivity index (χ1n) is 2.97. The second kappa shape index (κ2) is 6.01. The topological polar surface area (TPSA) is 54.4 Å². The molecule has 11 heavy (non-hydrogen) atoms. The molecule has 0 saturated carbocycles. The molecule has 1 atom stereocenters. The lowest BCUT2D eigenvalue weighted by Crippen LogP contribution is -1.95. The molecule has 0 saturated heterocycles. The molecule has 0 aromatic rings. The van der Waals surface area contributed by atoms with Gasteiger partial charge in [0.15, 0.2) is 0 Å². The van der Waals surface area contributed by atoms with Gasteiger partial charge in [-0.05, 0) is 11.6 Å². The van der Waals surface area contributed by atoms with Gasteiger partial charge in [-0.25, -0.2) is 0 Å². The summed E-state index contributed by atoms with van der Waals surface area (Å²) < 4.78 is 10.8. The molecule has 0 aliphatic rings. The van der Waals surface area contributed by atoms with E-state index in [1.54, 1.807) is 6.92 Å². The predicted molar refractivity (Wildman–Crippen MR) is 48.0 cm³/mol. The monoisotopic (exact) mass is 220 g/mol. The van der Waals surface area contributed by atoms with Gasteiger partial charge in [-0.1, -0.05) is 6.92 Å². The van der Waals surface area contributed by atoms with E-state index in [1.165, 1.54) is 0 Å². The van der Waals surface area contributed by atoms with Gasteiger partial charge in [0.2, 0.25) is 12.6 Å². The van der Waals surface area contributed by atoms with Gasteiger partial charge < -0.3 is 4.89 Å². The molecule has 0 bridgehead atoms. The van der Waals surface area contributed by atoms with Gasteiger partial charge in [0, 0.05) is 18.7 Å². The summed E-state index contributed by atoms with van der Waals surface area (Å²) in [5, 5.41) is -0.553. The third-order valence-corrected chi connectivity index (χ3v) is 3.25. The summed E-state index contributed by atoms with van der Waals surface area (Å²) in [6.45, 7) is 1.61. The van der Waals surface area contributed by atoms with E-state index in [1.807, 2.05) is 0 Å². The van der Waals surface area contributed by atoms with Gasteiger partial charge in [-0.15, -0.1) is 12.4 Å². The standard InChI is InChI=1S/C5H10ClO3P.ClH/c1-2-10(8,9)4-3-5(6)7;/h2-4H2,1H3,(H,8,9);1H. The summed E-state index contributed by atoms with van der Waals surface area (Å²) in [7, 11) is -3.03. The van der Waals surface area contributed by atoms with Crippen molar-refractivity contribution >= 4 is 36.6 Å². The highest BCUT2D eigenvalue weighted by Crippen LogP contribution is 2.40. The Bertz CT molecular complexity index is 171. The Balaban J connectivity index is 0. The molecule has 0 aliphatic heterocycles. The Hall–Kier alpha value is 0.440. The SMILES string of the molecule is CCP(=O)(O)CCC(=O)Cl.Cl. The number of hydrogen-bond donors (Lipinski definition) is 1. The van der Waals surface area contributed by atoms with Crippen LogP contribution in [0.2, 0.25) is 0 Å². The van der Waals surface area contributed by atoms with Crippen LogP contribution in [-0.4, -0.2) is 22.5 Å². The van der Waals surface area contributed by atoms with Gasteiger partial charge in [-0.2, -0.15) is 0 Å². The molecule has 68 valence electrons. The molecule has 1 unspecified atom stereocenters. The molecule has 0 spiro atoms. The number of carbonyl (C=O) groups excluding carboxylic acids is 1. The van der Waals surface area contributed by atoms with Crippen molar-refractivity contribution in [2.45, 2.75) is 13.3 Å². The van der Waals surface area contributed by atoms with E-state index in [9.17, 15) is 9.36 Å². The van der Waals surface area contributed by atoms with E-state index in [2.05, 4.69) is 0 Å². The highest BCUT2D eigenvalue weighted by atomic mass is 35.5. The van der Waals surface area contributed by atoms with Gasteiger partial charge in [0.05, 0.1) is 0 Å². The lowest BCUT2D eigenvalue weighted by Gasteiger charge is -2.04. The molecule has 1 N–H and O–H groups in total. The predicted octanol–water partition coefficient (Wildman–Crippen LogP) is 1.85. The van der Waals surface area contributed by atoms with E-state index in [4.69, 9.17) is 16.5 Å². The molecule has 0 heterocycles. The molecular formula is C5H11Cl2O3P. The van der Waals surface area contributed by atoms with E-state index in [-0.39, 0.29) is 31.2 Å². The molecule has 0 rings (SSSR count). The normalized spacial score (nSPS) is 14.8. The van der Waals surface area contributed by atoms with Crippen molar-refractivity contribution in [2.24, 2.45) is 0 Å². The number of halogens is 2. The van der Waals surface area contributed by atoms with E-state index >= 15 is 0 Å². The molecule has 0 aromatic carbocycles. The molecule has 0 aliphatic carbocycles. The smallest absolute Gasteiger partial charge is 0.222 e. The van der Waals surface area contributed by atoms with Crippen molar-refractivity contribution in [2.75, 3.05) is 12.3 Å². The molecular weight excluding hydrogens is 210 g/mol. The minimum atomic E-state index is -3.03. The van der Waals surface area contributed by atoms with Crippen LogP contribution < -0.4 is 0 Å². The largest absolute Gasteiger partial charge is 0.344 e. The maximum atomic E-state index is 10.8. The molecule has 0 amide bonds. The summed E-state index contributed by atoms with van der Waals surface area (Å²) in [6, 6.07) is 0. The second-order valence-electron chi connectivity index (χ2n) is 1.99. The lowest BCUT2D eigenvalue weighted by molar-refractivity contribution is -0.111. The first-order valence-corrected chi connectivity index (χ1v) is 5.38. The van der Waals surface area contributed by atoms with Crippen LogP contribution in [0.3, 0.4) is 0 Å². The summed E-state index contributed by atoms with van der Waals surface area (Å²) in [5.74, 6) is 0. The van der Waals surface area contributed by atoms with Crippen molar-refractivity contribution in [3.8, 4) is 0 Å². The van der Waals surface area contributed by atoms with Crippen LogP contribution in [0.5, 0.6) is 0 Å². The highest BCUT2D eigenvalue weighted by molar-refractivity contribution is 7.57. The van der Waals surface area contributed by atoms with Crippen molar-refractivity contribution < 1.29 is 14.3 Å². The van der Waals surface area contributed by atoms with Crippen LogP contribution in [0.15, 0.2) is 0 Å². The van der Waals surface area contributed by atoms with E-state index < -0.39 is 12.6 Å². The van der Waals surface area contributed by atoms with Gasteiger partial charge >= 0.3 is 0 Å². The Morgan fingerprint density at radius 2 is 2.09 bits per heavy atom. The zero-order valence-electron chi connectivity index (χ0n) is 6.12. The van der Waals surface area contributed by atoms with Crippen LogP contribution in [0, 0.1) is 0 Å². The Labute approximate surface area is 77.0 Å². The summed E-state index contributed by atoms with van der Waals surface area (Å²) in [4.78, 5) is 19.1. The van der Waals surface area contributed by atoms with Crippen LogP contribution >= 0.6 is 31.4 Å². The number of carbonyl (C=O) groups is 1. The van der Waals surface area contributed by atoms with Crippen molar-refractivity contribution in [1.29, 1.82) is 0 Å². The maximum absolute atomic E-state index is 10.8. The Morgan fingerprint density at radius 1 is 1.64 bits per heavy atom. The van der Waals surface area contributed by atoms with E-state index in [0.29, 0.717) is 0 Å². The average molecular weight is 221 g/mol. The first kappa shape index (κ1) is 14.0. The first-order chi connectivity index (χ1) is 4.48. The van der Waals surface area contributed by atoms with Crippen LogP contribution in [0.1, 0.15) is 13.3 Å². The van der Waals surface area contributed by atoms with Gasteiger partial charge in [0.1, 0.15) is 0 Å². The van der Waals surface area contributed by atoms with Crippen LogP contribution in [0.25, 0.3) is 0 Å². The van der Waals surface area contributed by atoms with Crippen LogP contribution in [-0.2, 0) is 9.36 Å². The summed E-state index contributed by atoms with van der Waals surface area (Å²) in [6.07, 6.45) is 0.201. The quantitative estimate of drug-likeness (QED) is 0.582. The fraction of sp³-hybridized carbons (Fsp3) is 0.800. The van der Waals surface area contributed by atoms with Crippen molar-refractivity contribution in [3.05, 3.63) is 0 Å². The molecule has 3 nitrogen and oxygen atoms in total. The second-order valence-corrected chi connectivity index (χ2v) is 5.19. The highest BCUT2D eigenvalue weighted by Gasteiger charge is 2.15. The van der Waals surface area contributed by atoms with Crippen molar-refractivity contribution in [3.63, 3.8) is 0 Å². The molecule has 0 aromatic heterocycles. The minimum absolute atomic E-state index is 0. The molecule has 0 fully saturated rings. The average Bonchev–Trinajstić information content (AvgIpc) is 1.85. The molecule has 6 heteroatoms. The fourth-order valence-electron chi connectivity index (χ4n) is 0.421. The number of rotatable bonds is 4. The Morgan fingerprint density at radius 3 is 2.36 bits per heavy atom. The third-order valence-electron chi connectivity index (χ3n) is 1.15. The van der Waals surface area contributed by atoms with Gasteiger partial charge in [0.25, 0.3) is 0 Å². The summed E-state index contributed by atoms with van der Waals surface area (Å²) >= 11 is 4.97. The lowest BCUT2D eigenvalue weighted by atomic mass is 10.5. The molecule has 0 radical (unpaired) electrons. The summed E-state index contributed by atoms with van der Waals surface area (Å²) in [5.41, 5.74) is 0. The van der Waals surface area contributed by atoms with Crippen molar-refractivity contribution in [1.82, 2.24) is 0 Å². The minimum Gasteiger partial charge on any atom is -0.344 e. The van der Waals surface area contributed by atoms with Crippen LogP contribution in [0.4, 0.5) is 0 Å². The Kier molecular flexibility index (Phi) is 7.65. The zero-order chi connectivity index (χ0) is 8.20. The maximum Gasteiger partial charge on any atom is 0.222 e. The van der Waals surface area contributed by atoms with Gasteiger partial charge in [-0.3, -0.25) is 9.36 Å².